The van der Waals surface area contributed by atoms with Crippen LogP contribution in [0.25, 0.3) is 0 Å². The van der Waals surface area contributed by atoms with Crippen molar-refractivity contribution in [2.45, 2.75) is 431 Å². The number of rotatable bonds is 80. The fourth-order valence-corrected chi connectivity index (χ4v) is 13.7. The number of esters is 4. The summed E-state index contributed by atoms with van der Waals surface area (Å²) in [5.74, 6) is -2.14. The normalized spacial score (nSPS) is 13.9. The summed E-state index contributed by atoms with van der Waals surface area (Å²) in [6.45, 7) is 4.94. The predicted octanol–water partition coefficient (Wildman–Crippen LogP) is 24.1. The van der Waals surface area contributed by atoms with Gasteiger partial charge in [0.05, 0.1) is 26.4 Å². The Bertz CT molecular complexity index is 1990. The van der Waals surface area contributed by atoms with Crippen LogP contribution in [0.3, 0.4) is 0 Å². The SMILES string of the molecule is CCCCCC/C=C\C=C/CCCCCCCC(=O)OC[C@H](COP(=O)(O)OC[C@@H](O)COP(=O)(O)OC[C@@H](COC(=O)CCCCCCCCCCC)OC(=O)CCCCCCCCCCCCCCCCC)OC(=O)CCCCCCCCCCCCCCCCCCCCCCC. The molecule has 3 N–H and O–H groups in total. The molecular weight excluding hydrogens is 1310 g/mol. The number of aliphatic hydroxyl groups excluding tert-OH is 1. The number of phosphoric ester groups is 2. The summed E-state index contributed by atoms with van der Waals surface area (Å²) in [4.78, 5) is 72.9. The summed E-state index contributed by atoms with van der Waals surface area (Å²) in [6.07, 6.45) is 70.2. The molecule has 17 nitrogen and oxygen atoms in total. The zero-order chi connectivity index (χ0) is 73.2. The number of phosphoric acid groups is 2. The van der Waals surface area contributed by atoms with Crippen molar-refractivity contribution in [1.82, 2.24) is 0 Å². The van der Waals surface area contributed by atoms with Crippen molar-refractivity contribution < 1.29 is 80.2 Å². The van der Waals surface area contributed by atoms with Crippen molar-refractivity contribution in [3.05, 3.63) is 24.3 Å². The summed E-state index contributed by atoms with van der Waals surface area (Å²) in [5.41, 5.74) is 0. The smallest absolute Gasteiger partial charge is 0.462 e. The average Bonchev–Trinajstić information content (AvgIpc) is 0.964. The molecule has 0 aromatic heterocycles. The van der Waals surface area contributed by atoms with E-state index in [4.69, 9.17) is 37.0 Å². The first-order valence-electron chi connectivity index (χ1n) is 41.6. The van der Waals surface area contributed by atoms with Gasteiger partial charge in [0.1, 0.15) is 19.3 Å². The molecule has 0 amide bonds. The standard InChI is InChI=1S/C81H154O17P2/c1-5-9-13-17-21-25-28-31-34-35-36-37-38-39-42-45-48-52-56-60-64-68-81(86)98-77(72-92-79(84)66-62-58-54-50-46-43-40-32-29-26-22-18-14-10-6-2)74-96-100(89,90)94-70-75(82)69-93-99(87,88)95-73-76(71-91-78(83)65-61-57-53-49-24-20-16-12-8-4)97-80(85)67-63-59-55-51-47-44-41-33-30-27-23-19-15-11-7-3/h26,29,32,40,75-77,82H,5-25,27-28,30-31,33-39,41-74H2,1-4H3,(H,87,88)(H,89,90)/b29-26-,40-32-/t75-,76+,77+/m0/s1. The van der Waals surface area contributed by atoms with Gasteiger partial charge in [-0.3, -0.25) is 37.3 Å². The second kappa shape index (κ2) is 74.8. The number of unbranched alkanes of at least 4 members (excludes halogenated alkanes) is 51. The first kappa shape index (κ1) is 97.5. The first-order valence-corrected chi connectivity index (χ1v) is 44.6. The van der Waals surface area contributed by atoms with E-state index in [1.165, 1.54) is 225 Å². The summed E-state index contributed by atoms with van der Waals surface area (Å²) in [6, 6.07) is 0. The summed E-state index contributed by atoms with van der Waals surface area (Å²) in [5, 5.41) is 10.6. The third kappa shape index (κ3) is 73.8. The molecule has 5 atom stereocenters. The molecule has 2 unspecified atom stereocenters. The number of aliphatic hydroxyl groups is 1. The van der Waals surface area contributed by atoms with E-state index >= 15 is 0 Å². The zero-order valence-corrected chi connectivity index (χ0v) is 66.5. The molecular formula is C81H154O17P2. The topological polar surface area (TPSA) is 237 Å². The third-order valence-electron chi connectivity index (χ3n) is 18.5. The van der Waals surface area contributed by atoms with Crippen LogP contribution in [0.1, 0.15) is 413 Å². The molecule has 0 fully saturated rings. The fourth-order valence-electron chi connectivity index (χ4n) is 12.1. The molecule has 0 aliphatic carbocycles. The van der Waals surface area contributed by atoms with Crippen LogP contribution in [-0.2, 0) is 65.4 Å². The molecule has 0 spiro atoms. The fraction of sp³-hybridized carbons (Fsp3) is 0.901. The Hall–Kier alpha value is -2.46. The highest BCUT2D eigenvalue weighted by Gasteiger charge is 2.30. The van der Waals surface area contributed by atoms with Gasteiger partial charge in [0, 0.05) is 25.7 Å². The van der Waals surface area contributed by atoms with E-state index in [1.54, 1.807) is 0 Å². The number of allylic oxidation sites excluding steroid dienone is 4. The van der Waals surface area contributed by atoms with Gasteiger partial charge in [-0.1, -0.05) is 360 Å². The molecule has 0 heterocycles. The van der Waals surface area contributed by atoms with Crippen LogP contribution >= 0.6 is 15.6 Å². The molecule has 19 heteroatoms. The number of hydrogen-bond donors (Lipinski definition) is 3. The Balaban J connectivity index is 5.23. The molecule has 590 valence electrons. The van der Waals surface area contributed by atoms with Crippen molar-refractivity contribution >= 4 is 39.5 Å². The van der Waals surface area contributed by atoms with Crippen molar-refractivity contribution in [2.75, 3.05) is 39.6 Å². The molecule has 100 heavy (non-hydrogen) atoms. The minimum Gasteiger partial charge on any atom is -0.462 e. The molecule has 0 radical (unpaired) electrons. The quantitative estimate of drug-likeness (QED) is 0.0169. The number of ether oxygens (including phenoxy) is 4. The highest BCUT2D eigenvalue weighted by atomic mass is 31.2. The van der Waals surface area contributed by atoms with Gasteiger partial charge in [-0.15, -0.1) is 0 Å². The lowest BCUT2D eigenvalue weighted by Gasteiger charge is -2.21. The van der Waals surface area contributed by atoms with Gasteiger partial charge in [0.2, 0.25) is 0 Å². The van der Waals surface area contributed by atoms with Crippen molar-refractivity contribution in [3.8, 4) is 0 Å². The lowest BCUT2D eigenvalue weighted by molar-refractivity contribution is -0.161. The number of carbonyl (C=O) groups excluding carboxylic acids is 4. The summed E-state index contributed by atoms with van der Waals surface area (Å²) < 4.78 is 68.6. The van der Waals surface area contributed by atoms with E-state index in [0.717, 1.165) is 109 Å². The van der Waals surface area contributed by atoms with Crippen LogP contribution in [-0.4, -0.2) is 96.7 Å². The van der Waals surface area contributed by atoms with E-state index in [-0.39, 0.29) is 25.7 Å². The van der Waals surface area contributed by atoms with Crippen LogP contribution in [0.4, 0.5) is 0 Å². The molecule has 0 saturated carbocycles. The van der Waals surface area contributed by atoms with Crippen LogP contribution in [0.2, 0.25) is 0 Å². The predicted molar refractivity (Wildman–Crippen MR) is 409 cm³/mol. The highest BCUT2D eigenvalue weighted by Crippen LogP contribution is 2.45. The average molecular weight is 1460 g/mol. The maximum Gasteiger partial charge on any atom is 0.472 e. The lowest BCUT2D eigenvalue weighted by Crippen LogP contribution is -2.30. The zero-order valence-electron chi connectivity index (χ0n) is 64.7. The second-order valence-corrected chi connectivity index (χ2v) is 31.4. The minimum atomic E-state index is -4.97. The molecule has 0 saturated heterocycles. The summed E-state index contributed by atoms with van der Waals surface area (Å²) in [7, 11) is -9.93. The maximum absolute atomic E-state index is 13.1. The van der Waals surface area contributed by atoms with Gasteiger partial charge in [-0.2, -0.15) is 0 Å². The molecule has 0 bridgehead atoms. The van der Waals surface area contributed by atoms with Crippen molar-refractivity contribution in [3.63, 3.8) is 0 Å². The Labute approximate surface area is 612 Å². The van der Waals surface area contributed by atoms with Gasteiger partial charge >= 0.3 is 39.5 Å². The highest BCUT2D eigenvalue weighted by molar-refractivity contribution is 7.47. The van der Waals surface area contributed by atoms with Crippen LogP contribution in [0.5, 0.6) is 0 Å². The van der Waals surface area contributed by atoms with E-state index in [2.05, 4.69) is 52.0 Å². The van der Waals surface area contributed by atoms with Crippen LogP contribution in [0, 0.1) is 0 Å². The Morgan fingerprint density at radius 3 is 0.730 bits per heavy atom. The second-order valence-electron chi connectivity index (χ2n) is 28.5. The largest absolute Gasteiger partial charge is 0.472 e. The number of carbonyl (C=O) groups is 4. The van der Waals surface area contributed by atoms with Crippen molar-refractivity contribution in [2.24, 2.45) is 0 Å². The van der Waals surface area contributed by atoms with Crippen LogP contribution in [0.15, 0.2) is 24.3 Å². The Morgan fingerprint density at radius 1 is 0.280 bits per heavy atom. The maximum atomic E-state index is 13.1. The van der Waals surface area contributed by atoms with Gasteiger partial charge in [0.25, 0.3) is 0 Å². The molecule has 0 aromatic carbocycles. The molecule has 0 aromatic rings. The summed E-state index contributed by atoms with van der Waals surface area (Å²) >= 11 is 0. The molecule has 0 aliphatic rings. The monoisotopic (exact) mass is 1460 g/mol. The Kier molecular flexibility index (Phi) is 73.0. The lowest BCUT2D eigenvalue weighted by atomic mass is 10.0. The van der Waals surface area contributed by atoms with Crippen molar-refractivity contribution in [1.29, 1.82) is 0 Å². The van der Waals surface area contributed by atoms with E-state index in [0.29, 0.717) is 25.7 Å². The Morgan fingerprint density at radius 2 is 0.480 bits per heavy atom. The molecule has 0 aliphatic heterocycles. The third-order valence-corrected chi connectivity index (χ3v) is 20.4. The minimum absolute atomic E-state index is 0.102. The number of hydrogen-bond acceptors (Lipinski definition) is 15. The van der Waals surface area contributed by atoms with E-state index in [1.807, 2.05) is 0 Å². The van der Waals surface area contributed by atoms with Gasteiger partial charge in [0.15, 0.2) is 12.2 Å². The van der Waals surface area contributed by atoms with E-state index < -0.39 is 97.5 Å². The van der Waals surface area contributed by atoms with E-state index in [9.17, 15) is 43.2 Å². The first-order chi connectivity index (χ1) is 48.7. The van der Waals surface area contributed by atoms with Crippen LogP contribution < -0.4 is 0 Å². The van der Waals surface area contributed by atoms with Gasteiger partial charge < -0.3 is 33.8 Å². The molecule has 0 rings (SSSR count). The van der Waals surface area contributed by atoms with Gasteiger partial charge in [-0.25, -0.2) is 9.13 Å². The van der Waals surface area contributed by atoms with Gasteiger partial charge in [-0.05, 0) is 51.4 Å².